The number of anilines is 1. The summed E-state index contributed by atoms with van der Waals surface area (Å²) in [5.74, 6) is 1.03. The molecule has 1 saturated heterocycles. The fourth-order valence-corrected chi connectivity index (χ4v) is 2.37. The van der Waals surface area contributed by atoms with Crippen molar-refractivity contribution < 1.29 is 9.32 Å². The van der Waals surface area contributed by atoms with Gasteiger partial charge in [0.05, 0.1) is 0 Å². The molecule has 1 aliphatic carbocycles. The Morgan fingerprint density at radius 3 is 2.84 bits per heavy atom. The smallest absolute Gasteiger partial charge is 0.324 e. The average Bonchev–Trinajstić information content (AvgIpc) is 2.92. The van der Waals surface area contributed by atoms with Crippen LogP contribution in [0.1, 0.15) is 51.3 Å². The van der Waals surface area contributed by atoms with Gasteiger partial charge in [-0.05, 0) is 25.7 Å². The van der Waals surface area contributed by atoms with Gasteiger partial charge in [-0.2, -0.15) is 4.98 Å². The van der Waals surface area contributed by atoms with Crippen LogP contribution in [0, 0.1) is 0 Å². The molecule has 104 valence electrons. The van der Waals surface area contributed by atoms with E-state index in [9.17, 15) is 4.79 Å². The molecule has 1 amide bonds. The maximum Gasteiger partial charge on any atom is 0.324 e. The van der Waals surface area contributed by atoms with Gasteiger partial charge < -0.3 is 14.7 Å². The van der Waals surface area contributed by atoms with E-state index in [2.05, 4.69) is 15.5 Å². The van der Waals surface area contributed by atoms with E-state index in [1.165, 1.54) is 0 Å². The van der Waals surface area contributed by atoms with Gasteiger partial charge in [-0.25, -0.2) is 0 Å². The maximum atomic E-state index is 12.2. The normalized spacial score (nSPS) is 23.1. The molecule has 1 unspecified atom stereocenters. The molecule has 0 spiro atoms. The molecule has 1 saturated carbocycles. The Bertz CT molecular complexity index is 467. The first-order valence-electron chi connectivity index (χ1n) is 7.06. The molecular weight excluding hydrogens is 244 g/mol. The summed E-state index contributed by atoms with van der Waals surface area (Å²) in [4.78, 5) is 18.5. The van der Waals surface area contributed by atoms with Gasteiger partial charge in [-0.3, -0.25) is 4.79 Å². The SMILES string of the molecule is CC(C)c1noc(N2CCCC2C(=O)NC2CC2)n1. The molecule has 3 rings (SSSR count). The topological polar surface area (TPSA) is 71.3 Å². The zero-order chi connectivity index (χ0) is 13.4. The predicted octanol–water partition coefficient (Wildman–Crippen LogP) is 1.44. The van der Waals surface area contributed by atoms with Crippen LogP contribution in [0.2, 0.25) is 0 Å². The lowest BCUT2D eigenvalue weighted by Gasteiger charge is -2.21. The Kier molecular flexibility index (Phi) is 3.16. The number of rotatable bonds is 4. The maximum absolute atomic E-state index is 12.2. The van der Waals surface area contributed by atoms with Crippen molar-refractivity contribution in [3.63, 3.8) is 0 Å². The van der Waals surface area contributed by atoms with Crippen molar-refractivity contribution in [1.29, 1.82) is 0 Å². The number of nitrogens with zero attached hydrogens (tertiary/aromatic N) is 3. The van der Waals surface area contributed by atoms with E-state index in [1.807, 2.05) is 18.7 Å². The van der Waals surface area contributed by atoms with Crippen LogP contribution in [0.3, 0.4) is 0 Å². The van der Waals surface area contributed by atoms with Crippen LogP contribution in [0.25, 0.3) is 0 Å². The molecule has 1 N–H and O–H groups in total. The standard InChI is InChI=1S/C13H20N4O2/c1-8(2)11-15-13(19-16-11)17-7-3-4-10(17)12(18)14-9-5-6-9/h8-10H,3-7H2,1-2H3,(H,14,18). The highest BCUT2D eigenvalue weighted by Crippen LogP contribution is 2.27. The molecule has 2 aliphatic rings. The third-order valence-electron chi connectivity index (χ3n) is 3.67. The first-order valence-corrected chi connectivity index (χ1v) is 7.06. The fourth-order valence-electron chi connectivity index (χ4n) is 2.37. The van der Waals surface area contributed by atoms with E-state index in [0.29, 0.717) is 17.9 Å². The Morgan fingerprint density at radius 1 is 1.42 bits per heavy atom. The molecular formula is C13H20N4O2. The van der Waals surface area contributed by atoms with E-state index < -0.39 is 0 Å². The molecule has 0 radical (unpaired) electrons. The summed E-state index contributed by atoms with van der Waals surface area (Å²) >= 11 is 0. The van der Waals surface area contributed by atoms with Gasteiger partial charge in [0.15, 0.2) is 5.82 Å². The second kappa shape index (κ2) is 4.83. The van der Waals surface area contributed by atoms with Gasteiger partial charge in [0.1, 0.15) is 6.04 Å². The first-order chi connectivity index (χ1) is 9.15. The largest absolute Gasteiger partial charge is 0.352 e. The lowest BCUT2D eigenvalue weighted by molar-refractivity contribution is -0.122. The van der Waals surface area contributed by atoms with Crippen LogP contribution in [-0.4, -0.2) is 34.7 Å². The number of hydrogen-bond donors (Lipinski definition) is 1. The van der Waals surface area contributed by atoms with Gasteiger partial charge in [0, 0.05) is 18.5 Å². The van der Waals surface area contributed by atoms with Crippen molar-refractivity contribution in [2.45, 2.75) is 57.5 Å². The zero-order valence-corrected chi connectivity index (χ0v) is 11.4. The number of hydrogen-bond acceptors (Lipinski definition) is 5. The minimum Gasteiger partial charge on any atom is -0.352 e. The van der Waals surface area contributed by atoms with Gasteiger partial charge in [-0.1, -0.05) is 19.0 Å². The monoisotopic (exact) mass is 264 g/mol. The lowest BCUT2D eigenvalue weighted by Crippen LogP contribution is -2.44. The van der Waals surface area contributed by atoms with Gasteiger partial charge >= 0.3 is 6.01 Å². The highest BCUT2D eigenvalue weighted by atomic mass is 16.5. The van der Waals surface area contributed by atoms with Gasteiger partial charge in [-0.15, -0.1) is 0 Å². The lowest BCUT2D eigenvalue weighted by atomic mass is 10.2. The van der Waals surface area contributed by atoms with Crippen LogP contribution in [-0.2, 0) is 4.79 Å². The van der Waals surface area contributed by atoms with Crippen LogP contribution in [0.5, 0.6) is 0 Å². The van der Waals surface area contributed by atoms with Crippen molar-refractivity contribution in [1.82, 2.24) is 15.5 Å². The highest BCUT2D eigenvalue weighted by Gasteiger charge is 2.36. The van der Waals surface area contributed by atoms with Crippen molar-refractivity contribution >= 4 is 11.9 Å². The molecule has 6 heteroatoms. The number of amides is 1. The molecule has 1 aliphatic heterocycles. The second-order valence-electron chi connectivity index (χ2n) is 5.72. The number of carbonyl (C=O) groups excluding carboxylic acids is 1. The Morgan fingerprint density at radius 2 is 2.21 bits per heavy atom. The number of nitrogens with one attached hydrogen (secondary N) is 1. The first kappa shape index (κ1) is 12.4. The van der Waals surface area contributed by atoms with Crippen LogP contribution in [0.4, 0.5) is 6.01 Å². The van der Waals surface area contributed by atoms with E-state index in [-0.39, 0.29) is 17.9 Å². The summed E-state index contributed by atoms with van der Waals surface area (Å²) in [6.07, 6.45) is 4.06. The van der Waals surface area contributed by atoms with Crippen LogP contribution in [0.15, 0.2) is 4.52 Å². The van der Waals surface area contributed by atoms with Crippen molar-refractivity contribution in [2.24, 2.45) is 0 Å². The summed E-state index contributed by atoms with van der Waals surface area (Å²) in [6, 6.07) is 0.724. The third kappa shape index (κ3) is 2.57. The average molecular weight is 264 g/mol. The van der Waals surface area contributed by atoms with Crippen molar-refractivity contribution in [3.05, 3.63) is 5.82 Å². The summed E-state index contributed by atoms with van der Waals surface area (Å²) in [5, 5.41) is 7.02. The molecule has 19 heavy (non-hydrogen) atoms. The fraction of sp³-hybridized carbons (Fsp3) is 0.769. The quantitative estimate of drug-likeness (QED) is 0.891. The summed E-state index contributed by atoms with van der Waals surface area (Å²) in [6.45, 7) is 4.86. The second-order valence-corrected chi connectivity index (χ2v) is 5.72. The minimum absolute atomic E-state index is 0.101. The Hall–Kier alpha value is -1.59. The molecule has 0 bridgehead atoms. The van der Waals surface area contributed by atoms with Crippen molar-refractivity contribution in [3.8, 4) is 0 Å². The van der Waals surface area contributed by atoms with Crippen molar-refractivity contribution in [2.75, 3.05) is 11.4 Å². The predicted molar refractivity (Wildman–Crippen MR) is 69.9 cm³/mol. The number of carbonyl (C=O) groups is 1. The molecule has 1 aromatic heterocycles. The van der Waals surface area contributed by atoms with Crippen LogP contribution < -0.4 is 10.2 Å². The molecule has 2 heterocycles. The molecule has 6 nitrogen and oxygen atoms in total. The van der Waals surface area contributed by atoms with E-state index >= 15 is 0 Å². The minimum atomic E-state index is -0.152. The zero-order valence-electron chi connectivity index (χ0n) is 11.4. The van der Waals surface area contributed by atoms with Gasteiger partial charge in [0.2, 0.25) is 5.91 Å². The van der Waals surface area contributed by atoms with E-state index in [1.54, 1.807) is 0 Å². The highest BCUT2D eigenvalue weighted by molar-refractivity contribution is 5.85. The van der Waals surface area contributed by atoms with Gasteiger partial charge in [0.25, 0.3) is 0 Å². The molecule has 1 atom stereocenters. The summed E-state index contributed by atoms with van der Waals surface area (Å²) in [5.41, 5.74) is 0. The summed E-state index contributed by atoms with van der Waals surface area (Å²) < 4.78 is 5.30. The molecule has 1 aromatic rings. The van der Waals surface area contributed by atoms with Crippen LogP contribution >= 0.6 is 0 Å². The Balaban J connectivity index is 1.72. The Labute approximate surface area is 112 Å². The molecule has 2 fully saturated rings. The van der Waals surface area contributed by atoms with E-state index in [0.717, 1.165) is 32.2 Å². The summed E-state index contributed by atoms with van der Waals surface area (Å²) in [7, 11) is 0. The van der Waals surface area contributed by atoms with E-state index in [4.69, 9.17) is 4.52 Å². The number of aromatic nitrogens is 2. The molecule has 0 aromatic carbocycles. The third-order valence-corrected chi connectivity index (χ3v) is 3.67.